The van der Waals surface area contributed by atoms with E-state index in [1.165, 1.54) is 15.1 Å². The van der Waals surface area contributed by atoms with Crippen molar-refractivity contribution < 1.29 is 4.74 Å². The molecule has 0 fully saturated rings. The average molecular weight is 479 g/mol. The lowest BCUT2D eigenvalue weighted by Crippen LogP contribution is -2.14. The van der Waals surface area contributed by atoms with Gasteiger partial charge in [-0.15, -0.1) is 5.10 Å². The van der Waals surface area contributed by atoms with E-state index in [0.29, 0.717) is 33.6 Å². The number of benzene rings is 1. The summed E-state index contributed by atoms with van der Waals surface area (Å²) in [6, 6.07) is 16.4. The molecule has 1 aromatic carbocycles. The lowest BCUT2D eigenvalue weighted by Gasteiger charge is -2.12. The largest absolute Gasteiger partial charge is 0.456 e. The summed E-state index contributed by atoms with van der Waals surface area (Å²) in [6.07, 6.45) is 1.70. The molecule has 0 saturated carbocycles. The summed E-state index contributed by atoms with van der Waals surface area (Å²) in [5.74, 6) is 0.100. The third kappa shape index (κ3) is 4.14. The zero-order chi connectivity index (χ0) is 25.4. The van der Waals surface area contributed by atoms with Crippen LogP contribution in [0.2, 0.25) is 0 Å². The predicted molar refractivity (Wildman–Crippen MR) is 134 cm³/mol. The van der Waals surface area contributed by atoms with E-state index in [0.717, 1.165) is 17.0 Å². The fourth-order valence-corrected chi connectivity index (χ4v) is 3.91. The van der Waals surface area contributed by atoms with Crippen molar-refractivity contribution in [1.29, 1.82) is 5.26 Å². The first-order valence-electron chi connectivity index (χ1n) is 11.1. The molecule has 5 aromatic rings. The van der Waals surface area contributed by atoms with E-state index in [1.807, 2.05) is 32.0 Å². The number of rotatable bonds is 5. The molecule has 10 heteroatoms. The second kappa shape index (κ2) is 8.96. The van der Waals surface area contributed by atoms with Gasteiger partial charge < -0.3 is 15.0 Å². The van der Waals surface area contributed by atoms with Crippen LogP contribution in [0.5, 0.6) is 6.01 Å². The molecule has 0 aliphatic rings. The second-order valence-electron chi connectivity index (χ2n) is 8.39. The molecule has 2 N–H and O–H groups in total. The summed E-state index contributed by atoms with van der Waals surface area (Å²) in [4.78, 5) is 25.8. The Kier molecular flexibility index (Phi) is 5.66. The molecule has 0 amide bonds. The number of ether oxygens (including phenoxy) is 1. The molecule has 4 aromatic heterocycles. The van der Waals surface area contributed by atoms with Crippen molar-refractivity contribution >= 4 is 11.6 Å². The Morgan fingerprint density at radius 1 is 1.06 bits per heavy atom. The Hall–Kier alpha value is -5.04. The van der Waals surface area contributed by atoms with Crippen molar-refractivity contribution in [2.75, 3.05) is 5.73 Å². The van der Waals surface area contributed by atoms with Crippen molar-refractivity contribution in [3.8, 4) is 34.5 Å². The zero-order valence-corrected chi connectivity index (χ0v) is 19.9. The minimum absolute atomic E-state index is 0.100. The molecule has 0 bridgehead atoms. The summed E-state index contributed by atoms with van der Waals surface area (Å²) < 4.78 is 8.77. The standard InChI is InChI=1S/C26H22N8O2/c1-15-7-8-16(2)29-20(15)14-36-26-31-24-22(19-9-10-21(35)33(3)13-19)23(30-25(28)34(24)32-26)18-6-4-5-17(11-18)12-27/h4-11,13H,14H2,1-3H3,(H2,28,30). The Morgan fingerprint density at radius 2 is 1.89 bits per heavy atom. The quantitative estimate of drug-likeness (QED) is 0.407. The first kappa shape index (κ1) is 22.7. The third-order valence-electron chi connectivity index (χ3n) is 5.81. The minimum Gasteiger partial charge on any atom is -0.456 e. The number of nitriles is 1. The van der Waals surface area contributed by atoms with Crippen molar-refractivity contribution in [1.82, 2.24) is 29.1 Å². The van der Waals surface area contributed by atoms with E-state index in [-0.39, 0.29) is 24.1 Å². The Balaban J connectivity index is 1.69. The number of pyridine rings is 2. The fourth-order valence-electron chi connectivity index (χ4n) is 3.91. The van der Waals surface area contributed by atoms with Gasteiger partial charge in [-0.25, -0.2) is 4.98 Å². The lowest BCUT2D eigenvalue weighted by molar-refractivity contribution is 0.276. The maximum absolute atomic E-state index is 12.1. The molecular formula is C26H22N8O2. The molecule has 0 atom stereocenters. The van der Waals surface area contributed by atoms with Gasteiger partial charge in [0.2, 0.25) is 11.5 Å². The first-order valence-corrected chi connectivity index (χ1v) is 11.1. The van der Waals surface area contributed by atoms with Crippen LogP contribution in [0.1, 0.15) is 22.5 Å². The summed E-state index contributed by atoms with van der Waals surface area (Å²) in [6.45, 7) is 4.06. The average Bonchev–Trinajstić information content (AvgIpc) is 3.31. The molecule has 0 aliphatic heterocycles. The number of nitrogens with zero attached hydrogens (tertiary/aromatic N) is 7. The highest BCUT2D eigenvalue weighted by Crippen LogP contribution is 2.35. The Labute approximate surface area is 206 Å². The fraction of sp³-hybridized carbons (Fsp3) is 0.154. The summed E-state index contributed by atoms with van der Waals surface area (Å²) in [5.41, 5.74) is 12.2. The van der Waals surface area contributed by atoms with Crippen LogP contribution in [0.3, 0.4) is 0 Å². The van der Waals surface area contributed by atoms with Gasteiger partial charge in [0.25, 0.3) is 0 Å². The second-order valence-corrected chi connectivity index (χ2v) is 8.39. The predicted octanol–water partition coefficient (Wildman–Crippen LogP) is 3.20. The van der Waals surface area contributed by atoms with E-state index in [4.69, 9.17) is 10.5 Å². The van der Waals surface area contributed by atoms with Crippen molar-refractivity contribution in [3.05, 3.63) is 87.6 Å². The zero-order valence-electron chi connectivity index (χ0n) is 19.9. The van der Waals surface area contributed by atoms with Gasteiger partial charge in [-0.2, -0.15) is 14.8 Å². The van der Waals surface area contributed by atoms with Crippen LogP contribution < -0.4 is 16.0 Å². The van der Waals surface area contributed by atoms with Crippen molar-refractivity contribution in [2.24, 2.45) is 7.05 Å². The number of aryl methyl sites for hydroxylation is 3. The van der Waals surface area contributed by atoms with Gasteiger partial charge in [-0.3, -0.25) is 9.78 Å². The third-order valence-corrected chi connectivity index (χ3v) is 5.81. The molecule has 0 radical (unpaired) electrons. The number of aromatic nitrogens is 6. The molecule has 5 rings (SSSR count). The van der Waals surface area contributed by atoms with Crippen molar-refractivity contribution in [3.63, 3.8) is 0 Å². The van der Waals surface area contributed by atoms with Crippen LogP contribution in [0, 0.1) is 25.2 Å². The monoisotopic (exact) mass is 478 g/mol. The van der Waals surface area contributed by atoms with Gasteiger partial charge in [0.15, 0.2) is 5.65 Å². The number of hydrogen-bond donors (Lipinski definition) is 1. The number of hydrogen-bond acceptors (Lipinski definition) is 8. The molecule has 0 spiro atoms. The maximum Gasteiger partial charge on any atom is 0.336 e. The molecular weight excluding hydrogens is 456 g/mol. The molecule has 0 unspecified atom stereocenters. The van der Waals surface area contributed by atoms with Crippen LogP contribution in [-0.4, -0.2) is 29.1 Å². The van der Waals surface area contributed by atoms with Crippen LogP contribution in [-0.2, 0) is 13.7 Å². The normalized spacial score (nSPS) is 10.9. The van der Waals surface area contributed by atoms with E-state index in [2.05, 4.69) is 26.1 Å². The highest BCUT2D eigenvalue weighted by molar-refractivity contribution is 5.90. The molecule has 36 heavy (non-hydrogen) atoms. The molecule has 4 heterocycles. The van der Waals surface area contributed by atoms with E-state index in [1.54, 1.807) is 37.5 Å². The van der Waals surface area contributed by atoms with Crippen LogP contribution in [0.25, 0.3) is 28.0 Å². The maximum atomic E-state index is 12.1. The molecule has 0 saturated heterocycles. The number of anilines is 1. The van der Waals surface area contributed by atoms with Gasteiger partial charge in [0.1, 0.15) is 6.61 Å². The topological polar surface area (TPSA) is 137 Å². The van der Waals surface area contributed by atoms with Gasteiger partial charge in [-0.1, -0.05) is 18.2 Å². The SMILES string of the molecule is Cc1ccc(C)c(COc2nc3c(-c4ccc(=O)n(C)c4)c(-c4cccc(C#N)c4)nc(N)n3n2)n1. The van der Waals surface area contributed by atoms with Gasteiger partial charge in [0.05, 0.1) is 28.6 Å². The summed E-state index contributed by atoms with van der Waals surface area (Å²) >= 11 is 0. The van der Waals surface area contributed by atoms with E-state index >= 15 is 0 Å². The molecule has 178 valence electrons. The van der Waals surface area contributed by atoms with Gasteiger partial charge in [-0.05, 0) is 43.7 Å². The first-order chi connectivity index (χ1) is 17.3. The van der Waals surface area contributed by atoms with Crippen LogP contribution >= 0.6 is 0 Å². The minimum atomic E-state index is -0.155. The highest BCUT2D eigenvalue weighted by atomic mass is 16.5. The van der Waals surface area contributed by atoms with E-state index in [9.17, 15) is 10.1 Å². The summed E-state index contributed by atoms with van der Waals surface area (Å²) in [5, 5.41) is 13.8. The Morgan fingerprint density at radius 3 is 2.67 bits per heavy atom. The smallest absolute Gasteiger partial charge is 0.336 e. The van der Waals surface area contributed by atoms with E-state index < -0.39 is 0 Å². The van der Waals surface area contributed by atoms with Crippen molar-refractivity contribution in [2.45, 2.75) is 20.5 Å². The Bertz CT molecular complexity index is 1730. The molecule has 0 aliphatic carbocycles. The lowest BCUT2D eigenvalue weighted by atomic mass is 10.00. The van der Waals surface area contributed by atoms with Gasteiger partial charge >= 0.3 is 6.01 Å². The van der Waals surface area contributed by atoms with Gasteiger partial charge in [0, 0.05) is 36.1 Å². The summed E-state index contributed by atoms with van der Waals surface area (Å²) in [7, 11) is 1.67. The van der Waals surface area contributed by atoms with Crippen LogP contribution in [0.4, 0.5) is 5.95 Å². The van der Waals surface area contributed by atoms with Crippen LogP contribution in [0.15, 0.2) is 59.5 Å². The molecule has 10 nitrogen and oxygen atoms in total. The highest BCUT2D eigenvalue weighted by Gasteiger charge is 2.21. The number of nitrogen functional groups attached to an aromatic ring is 1. The number of fused-ring (bicyclic) bond motifs is 1. The number of nitrogens with two attached hydrogens (primary N) is 1.